The molecule has 0 aromatic heterocycles. The third kappa shape index (κ3) is 4.65. The second-order valence-corrected chi connectivity index (χ2v) is 9.25. The standard InChI is InChI=1S/C13H18FN3O5S2/c1-23(19,20)15-12-4-3-10(14)9-11(12)13(18)16-5-7-17(8-6-16)24(2,21)22/h3-4,9,15H,5-8H2,1-2H3. The van der Waals surface area contributed by atoms with E-state index in [4.69, 9.17) is 0 Å². The van der Waals surface area contributed by atoms with E-state index in [0.717, 1.165) is 24.6 Å². The maximum absolute atomic E-state index is 13.5. The van der Waals surface area contributed by atoms with Crippen LogP contribution in [0, 0.1) is 5.82 Å². The first-order chi connectivity index (χ1) is 11.0. The molecule has 1 aliphatic rings. The van der Waals surface area contributed by atoms with E-state index in [2.05, 4.69) is 4.72 Å². The normalized spacial score (nSPS) is 16.9. The lowest BCUT2D eigenvalue weighted by molar-refractivity contribution is 0.0699. The van der Waals surface area contributed by atoms with Gasteiger partial charge >= 0.3 is 0 Å². The molecule has 1 aromatic carbocycles. The van der Waals surface area contributed by atoms with Gasteiger partial charge < -0.3 is 4.90 Å². The minimum absolute atomic E-state index is 0.0190. The van der Waals surface area contributed by atoms with Crippen molar-refractivity contribution in [1.29, 1.82) is 0 Å². The van der Waals surface area contributed by atoms with Crippen molar-refractivity contribution < 1.29 is 26.0 Å². The number of anilines is 1. The molecule has 0 aliphatic carbocycles. The number of sulfonamides is 2. The van der Waals surface area contributed by atoms with E-state index in [1.165, 1.54) is 15.3 Å². The molecule has 0 bridgehead atoms. The highest BCUT2D eigenvalue weighted by Crippen LogP contribution is 2.21. The maximum Gasteiger partial charge on any atom is 0.256 e. The second-order valence-electron chi connectivity index (χ2n) is 5.52. The molecule has 1 heterocycles. The van der Waals surface area contributed by atoms with Crippen molar-refractivity contribution in [1.82, 2.24) is 9.21 Å². The summed E-state index contributed by atoms with van der Waals surface area (Å²) in [5, 5.41) is 0. The van der Waals surface area contributed by atoms with Gasteiger partial charge in [-0.05, 0) is 18.2 Å². The first kappa shape index (κ1) is 18.6. The summed E-state index contributed by atoms with van der Waals surface area (Å²) in [4.78, 5) is 13.9. The van der Waals surface area contributed by atoms with Crippen LogP contribution in [-0.2, 0) is 20.0 Å². The van der Waals surface area contributed by atoms with Crippen LogP contribution in [0.2, 0.25) is 0 Å². The molecule has 0 spiro atoms. The summed E-state index contributed by atoms with van der Waals surface area (Å²) >= 11 is 0. The van der Waals surface area contributed by atoms with Crippen molar-refractivity contribution in [2.24, 2.45) is 0 Å². The Morgan fingerprint density at radius 1 is 1.08 bits per heavy atom. The fourth-order valence-electron chi connectivity index (χ4n) is 2.38. The summed E-state index contributed by atoms with van der Waals surface area (Å²) < 4.78 is 62.7. The van der Waals surface area contributed by atoms with Crippen molar-refractivity contribution in [3.8, 4) is 0 Å². The number of amides is 1. The van der Waals surface area contributed by atoms with Gasteiger partial charge in [0.1, 0.15) is 5.82 Å². The number of carbonyl (C=O) groups excluding carboxylic acids is 1. The van der Waals surface area contributed by atoms with Crippen LogP contribution in [0.1, 0.15) is 10.4 Å². The van der Waals surface area contributed by atoms with Crippen molar-refractivity contribution in [3.63, 3.8) is 0 Å². The number of nitrogens with one attached hydrogen (secondary N) is 1. The Kier molecular flexibility index (Phi) is 5.16. The number of benzene rings is 1. The van der Waals surface area contributed by atoms with Gasteiger partial charge in [0.2, 0.25) is 20.0 Å². The van der Waals surface area contributed by atoms with Crippen LogP contribution < -0.4 is 4.72 Å². The van der Waals surface area contributed by atoms with Gasteiger partial charge in [-0.25, -0.2) is 21.2 Å². The first-order valence-electron chi connectivity index (χ1n) is 6.99. The number of piperazine rings is 1. The largest absolute Gasteiger partial charge is 0.336 e. The SMILES string of the molecule is CS(=O)(=O)Nc1ccc(F)cc1C(=O)N1CCN(S(C)(=O)=O)CC1. The monoisotopic (exact) mass is 379 g/mol. The molecule has 0 atom stereocenters. The summed E-state index contributed by atoms with van der Waals surface area (Å²) in [5.41, 5.74) is -0.136. The Bertz CT molecular complexity index is 846. The molecule has 1 aliphatic heterocycles. The minimum atomic E-state index is -3.64. The third-order valence-electron chi connectivity index (χ3n) is 3.50. The smallest absolute Gasteiger partial charge is 0.256 e. The molecule has 1 saturated heterocycles. The predicted octanol–water partition coefficient (Wildman–Crippen LogP) is -0.0854. The topological polar surface area (TPSA) is 104 Å². The molecule has 134 valence electrons. The van der Waals surface area contributed by atoms with Gasteiger partial charge in [0.15, 0.2) is 0 Å². The molecular weight excluding hydrogens is 361 g/mol. The molecule has 1 N–H and O–H groups in total. The van der Waals surface area contributed by atoms with E-state index in [1.54, 1.807) is 0 Å². The van der Waals surface area contributed by atoms with E-state index in [-0.39, 0.29) is 37.4 Å². The fourth-order valence-corrected chi connectivity index (χ4v) is 3.78. The Morgan fingerprint density at radius 2 is 1.67 bits per heavy atom. The summed E-state index contributed by atoms with van der Waals surface area (Å²) in [6.07, 6.45) is 2.01. The number of nitrogens with zero attached hydrogens (tertiary/aromatic N) is 2. The Morgan fingerprint density at radius 3 is 2.17 bits per heavy atom. The summed E-state index contributed by atoms with van der Waals surface area (Å²) in [6.45, 7) is 0.547. The Labute approximate surface area is 140 Å². The zero-order valence-electron chi connectivity index (χ0n) is 13.2. The molecule has 1 fully saturated rings. The van der Waals surface area contributed by atoms with Crippen molar-refractivity contribution in [2.45, 2.75) is 0 Å². The molecule has 2 rings (SSSR count). The Hall–Kier alpha value is -1.72. The highest BCUT2D eigenvalue weighted by Gasteiger charge is 2.28. The zero-order valence-corrected chi connectivity index (χ0v) is 14.8. The summed E-state index contributed by atoms with van der Waals surface area (Å²) in [5.74, 6) is -1.24. The molecular formula is C13H18FN3O5S2. The second kappa shape index (κ2) is 6.65. The van der Waals surface area contributed by atoms with Crippen LogP contribution in [0.25, 0.3) is 0 Å². The lowest BCUT2D eigenvalue weighted by atomic mass is 10.1. The summed E-state index contributed by atoms with van der Waals surface area (Å²) in [7, 11) is -6.97. The van der Waals surface area contributed by atoms with Crippen LogP contribution >= 0.6 is 0 Å². The highest BCUT2D eigenvalue weighted by molar-refractivity contribution is 7.92. The number of hydrogen-bond donors (Lipinski definition) is 1. The number of rotatable bonds is 4. The quantitative estimate of drug-likeness (QED) is 0.788. The van der Waals surface area contributed by atoms with Crippen molar-refractivity contribution in [3.05, 3.63) is 29.6 Å². The van der Waals surface area contributed by atoms with Gasteiger partial charge in [0.25, 0.3) is 5.91 Å². The van der Waals surface area contributed by atoms with Gasteiger partial charge in [-0.2, -0.15) is 4.31 Å². The van der Waals surface area contributed by atoms with Gasteiger partial charge in [-0.1, -0.05) is 0 Å². The minimum Gasteiger partial charge on any atom is -0.336 e. The fraction of sp³-hybridized carbons (Fsp3) is 0.462. The molecule has 11 heteroatoms. The van der Waals surface area contributed by atoms with E-state index < -0.39 is 31.8 Å². The molecule has 1 amide bonds. The lowest BCUT2D eigenvalue weighted by Gasteiger charge is -2.33. The molecule has 24 heavy (non-hydrogen) atoms. The van der Waals surface area contributed by atoms with E-state index >= 15 is 0 Å². The molecule has 0 radical (unpaired) electrons. The summed E-state index contributed by atoms with van der Waals surface area (Å²) in [6, 6.07) is 3.18. The van der Waals surface area contributed by atoms with Gasteiger partial charge in [0.05, 0.1) is 23.8 Å². The van der Waals surface area contributed by atoms with Crippen LogP contribution in [0.15, 0.2) is 18.2 Å². The predicted molar refractivity (Wildman–Crippen MR) is 87.2 cm³/mol. The van der Waals surface area contributed by atoms with E-state index in [1.807, 2.05) is 0 Å². The number of hydrogen-bond acceptors (Lipinski definition) is 5. The zero-order chi connectivity index (χ0) is 18.1. The molecule has 1 aromatic rings. The van der Waals surface area contributed by atoms with E-state index in [9.17, 15) is 26.0 Å². The van der Waals surface area contributed by atoms with Crippen LogP contribution in [0.4, 0.5) is 10.1 Å². The highest BCUT2D eigenvalue weighted by atomic mass is 32.2. The maximum atomic E-state index is 13.5. The third-order valence-corrected chi connectivity index (χ3v) is 5.40. The Balaban J connectivity index is 2.23. The average molecular weight is 379 g/mol. The number of halogens is 1. The number of carbonyl (C=O) groups is 1. The average Bonchev–Trinajstić information content (AvgIpc) is 2.46. The van der Waals surface area contributed by atoms with Gasteiger partial charge in [0, 0.05) is 26.2 Å². The van der Waals surface area contributed by atoms with Crippen molar-refractivity contribution >= 4 is 31.6 Å². The van der Waals surface area contributed by atoms with Gasteiger partial charge in [-0.3, -0.25) is 9.52 Å². The molecule has 8 nitrogen and oxygen atoms in total. The van der Waals surface area contributed by atoms with Crippen LogP contribution in [-0.4, -0.2) is 70.6 Å². The van der Waals surface area contributed by atoms with E-state index in [0.29, 0.717) is 0 Å². The first-order valence-corrected chi connectivity index (χ1v) is 10.7. The van der Waals surface area contributed by atoms with Crippen molar-refractivity contribution in [2.75, 3.05) is 43.4 Å². The van der Waals surface area contributed by atoms with Crippen LogP contribution in [0.3, 0.4) is 0 Å². The molecule has 0 unspecified atom stereocenters. The molecule has 0 saturated carbocycles. The lowest BCUT2D eigenvalue weighted by Crippen LogP contribution is -2.50. The van der Waals surface area contributed by atoms with Crippen LogP contribution in [0.5, 0.6) is 0 Å². The van der Waals surface area contributed by atoms with Gasteiger partial charge in [-0.15, -0.1) is 0 Å².